The van der Waals surface area contributed by atoms with E-state index in [2.05, 4.69) is 86.7 Å². The standard InChI is InChI=1S/C26H24N4/c1-6-21-17(5)25-12-23-15(3)8-19(28-23)10-18-7-14(2)22(27-18)11-20-9-16(4)24(29-20)13-26(21)30-25/h6-13,27,29H,1H2,2-5H3. The molecule has 2 aliphatic heterocycles. The van der Waals surface area contributed by atoms with Crippen LogP contribution < -0.4 is 0 Å². The molecule has 30 heavy (non-hydrogen) atoms. The maximum atomic E-state index is 4.92. The van der Waals surface area contributed by atoms with E-state index in [1.165, 1.54) is 11.1 Å². The van der Waals surface area contributed by atoms with E-state index in [0.29, 0.717) is 0 Å². The molecule has 0 aromatic carbocycles. The Morgan fingerprint density at radius 2 is 1.40 bits per heavy atom. The summed E-state index contributed by atoms with van der Waals surface area (Å²) in [5.74, 6) is 0. The van der Waals surface area contributed by atoms with Crippen LogP contribution in [0.3, 0.4) is 0 Å². The van der Waals surface area contributed by atoms with Crippen LogP contribution >= 0.6 is 0 Å². The maximum absolute atomic E-state index is 4.92. The van der Waals surface area contributed by atoms with Crippen LogP contribution in [0.25, 0.3) is 44.9 Å². The van der Waals surface area contributed by atoms with Crippen molar-refractivity contribution in [3.63, 3.8) is 0 Å². The van der Waals surface area contributed by atoms with Gasteiger partial charge in [-0.25, -0.2) is 9.97 Å². The lowest BCUT2D eigenvalue weighted by Crippen LogP contribution is -1.82. The van der Waals surface area contributed by atoms with Crippen LogP contribution in [-0.2, 0) is 0 Å². The first kappa shape index (κ1) is 18.4. The molecule has 2 aliphatic rings. The minimum absolute atomic E-state index is 0.923. The van der Waals surface area contributed by atoms with Gasteiger partial charge in [0.25, 0.3) is 0 Å². The van der Waals surface area contributed by atoms with Crippen molar-refractivity contribution in [2.75, 3.05) is 0 Å². The second-order valence-corrected chi connectivity index (χ2v) is 8.09. The number of H-pyrrole nitrogens is 2. The first-order valence-electron chi connectivity index (χ1n) is 10.1. The fraction of sp³-hybridized carbons (Fsp3) is 0.154. The fourth-order valence-electron chi connectivity index (χ4n) is 4.13. The normalized spacial score (nSPS) is 13.5. The molecule has 0 atom stereocenters. The van der Waals surface area contributed by atoms with E-state index in [9.17, 15) is 0 Å². The molecule has 8 bridgehead atoms. The van der Waals surface area contributed by atoms with Crippen molar-refractivity contribution in [1.29, 1.82) is 0 Å². The summed E-state index contributed by atoms with van der Waals surface area (Å²) in [6, 6.07) is 12.7. The summed E-state index contributed by atoms with van der Waals surface area (Å²) < 4.78 is 0. The third-order valence-electron chi connectivity index (χ3n) is 5.84. The molecule has 0 fully saturated rings. The minimum atomic E-state index is 0.923. The van der Waals surface area contributed by atoms with Gasteiger partial charge in [-0.3, -0.25) is 0 Å². The number of rotatable bonds is 1. The number of hydrogen-bond donors (Lipinski definition) is 2. The molecular formula is C26H24N4. The van der Waals surface area contributed by atoms with E-state index < -0.39 is 0 Å². The topological polar surface area (TPSA) is 57.4 Å². The zero-order valence-corrected chi connectivity index (χ0v) is 17.7. The zero-order valence-electron chi connectivity index (χ0n) is 17.7. The first-order chi connectivity index (χ1) is 14.4. The van der Waals surface area contributed by atoms with Gasteiger partial charge in [0.15, 0.2) is 0 Å². The van der Waals surface area contributed by atoms with Crippen LogP contribution in [0.4, 0.5) is 0 Å². The molecule has 0 amide bonds. The lowest BCUT2D eigenvalue weighted by atomic mass is 10.1. The Morgan fingerprint density at radius 1 is 0.733 bits per heavy atom. The third-order valence-corrected chi connectivity index (χ3v) is 5.84. The molecular weight excluding hydrogens is 368 g/mol. The molecule has 5 heterocycles. The molecule has 4 heteroatoms. The number of nitrogens with zero attached hydrogens (tertiary/aromatic N) is 2. The molecule has 4 nitrogen and oxygen atoms in total. The predicted octanol–water partition coefficient (Wildman–Crippen LogP) is 6.61. The molecule has 5 rings (SSSR count). The smallest absolute Gasteiger partial charge is 0.0733 e. The first-order valence-corrected chi connectivity index (χ1v) is 10.1. The van der Waals surface area contributed by atoms with E-state index in [1.807, 2.05) is 6.08 Å². The van der Waals surface area contributed by atoms with Crippen LogP contribution in [-0.4, -0.2) is 19.9 Å². The Kier molecular flexibility index (Phi) is 4.10. The third kappa shape index (κ3) is 3.01. The van der Waals surface area contributed by atoms with Gasteiger partial charge in [0.2, 0.25) is 0 Å². The molecule has 148 valence electrons. The molecule has 3 aromatic rings. The van der Waals surface area contributed by atoms with Crippen molar-refractivity contribution in [3.05, 3.63) is 83.0 Å². The maximum Gasteiger partial charge on any atom is 0.0733 e. The quantitative estimate of drug-likeness (QED) is 0.489. The van der Waals surface area contributed by atoms with E-state index >= 15 is 0 Å². The van der Waals surface area contributed by atoms with Crippen molar-refractivity contribution >= 4 is 44.9 Å². The zero-order chi connectivity index (χ0) is 21.0. The van der Waals surface area contributed by atoms with Crippen molar-refractivity contribution < 1.29 is 0 Å². The van der Waals surface area contributed by atoms with Gasteiger partial charge in [-0.1, -0.05) is 12.7 Å². The molecule has 0 saturated carbocycles. The SMILES string of the molecule is C=CC1=C(C)c2cc3nc(cc4cc(C)c(cc5cc(C)c(cc1n2)[nH]5)[nH]4)C=C3C. The number of nitrogens with one attached hydrogen (secondary N) is 2. The minimum Gasteiger partial charge on any atom is -0.355 e. The van der Waals surface area contributed by atoms with Crippen LogP contribution in [0.1, 0.15) is 47.8 Å². The summed E-state index contributed by atoms with van der Waals surface area (Å²) >= 11 is 0. The molecule has 0 spiro atoms. The van der Waals surface area contributed by atoms with Gasteiger partial charge in [0.05, 0.1) is 22.8 Å². The Hall–Kier alpha value is -3.66. The Balaban J connectivity index is 1.93. The summed E-state index contributed by atoms with van der Waals surface area (Å²) in [6.45, 7) is 12.4. The Morgan fingerprint density at radius 3 is 2.10 bits per heavy atom. The Bertz CT molecular complexity index is 1440. The van der Waals surface area contributed by atoms with E-state index in [1.54, 1.807) is 0 Å². The Labute approximate surface area is 175 Å². The van der Waals surface area contributed by atoms with Crippen LogP contribution in [0.15, 0.2) is 49.1 Å². The molecule has 0 saturated heterocycles. The lowest BCUT2D eigenvalue weighted by Gasteiger charge is -1.96. The van der Waals surface area contributed by atoms with Crippen molar-refractivity contribution in [2.24, 2.45) is 0 Å². The predicted molar refractivity (Wildman–Crippen MR) is 127 cm³/mol. The number of fused-ring (bicyclic) bond motifs is 8. The monoisotopic (exact) mass is 392 g/mol. The van der Waals surface area contributed by atoms with Gasteiger partial charge in [0.1, 0.15) is 0 Å². The number of aromatic nitrogens is 4. The van der Waals surface area contributed by atoms with Crippen LogP contribution in [0.5, 0.6) is 0 Å². The van der Waals surface area contributed by atoms with Crippen molar-refractivity contribution in [3.8, 4) is 0 Å². The highest BCUT2D eigenvalue weighted by Crippen LogP contribution is 2.32. The largest absolute Gasteiger partial charge is 0.355 e. The van der Waals surface area contributed by atoms with Crippen LogP contribution in [0.2, 0.25) is 0 Å². The van der Waals surface area contributed by atoms with Gasteiger partial charge in [0, 0.05) is 27.6 Å². The summed E-state index contributed by atoms with van der Waals surface area (Å²) in [5, 5.41) is 0. The molecule has 0 unspecified atom stereocenters. The highest BCUT2D eigenvalue weighted by Gasteiger charge is 2.16. The second-order valence-electron chi connectivity index (χ2n) is 8.09. The average Bonchev–Trinajstić information content (AvgIpc) is 3.39. The highest BCUT2D eigenvalue weighted by molar-refractivity contribution is 5.97. The van der Waals surface area contributed by atoms with Gasteiger partial charge in [-0.15, -0.1) is 0 Å². The number of hydrogen-bond acceptors (Lipinski definition) is 2. The average molecular weight is 393 g/mol. The number of allylic oxidation sites excluding steroid dienone is 4. The van der Waals surface area contributed by atoms with E-state index in [-0.39, 0.29) is 0 Å². The van der Waals surface area contributed by atoms with Crippen molar-refractivity contribution in [2.45, 2.75) is 27.7 Å². The lowest BCUT2D eigenvalue weighted by molar-refractivity contribution is 1.25. The molecule has 3 aromatic heterocycles. The highest BCUT2D eigenvalue weighted by atomic mass is 14.8. The summed E-state index contributed by atoms with van der Waals surface area (Å²) in [4.78, 5) is 16.8. The summed E-state index contributed by atoms with van der Waals surface area (Å²) in [5.41, 5.74) is 13.7. The van der Waals surface area contributed by atoms with Gasteiger partial charge < -0.3 is 9.97 Å². The summed E-state index contributed by atoms with van der Waals surface area (Å²) in [7, 11) is 0. The molecule has 2 N–H and O–H groups in total. The molecule has 0 aliphatic carbocycles. The number of aromatic amines is 2. The van der Waals surface area contributed by atoms with Crippen molar-refractivity contribution in [1.82, 2.24) is 19.9 Å². The van der Waals surface area contributed by atoms with Gasteiger partial charge in [-0.05, 0) is 92.4 Å². The van der Waals surface area contributed by atoms with Gasteiger partial charge >= 0.3 is 0 Å². The number of aryl methyl sites for hydroxylation is 2. The van der Waals surface area contributed by atoms with Crippen LogP contribution in [0, 0.1) is 13.8 Å². The fourth-order valence-corrected chi connectivity index (χ4v) is 4.13. The second kappa shape index (κ2) is 6.70. The van der Waals surface area contributed by atoms with E-state index in [0.717, 1.165) is 61.6 Å². The molecule has 0 radical (unpaired) electrons. The summed E-state index contributed by atoms with van der Waals surface area (Å²) in [6.07, 6.45) is 4.00. The van der Waals surface area contributed by atoms with E-state index in [4.69, 9.17) is 9.97 Å². The van der Waals surface area contributed by atoms with Gasteiger partial charge in [-0.2, -0.15) is 0 Å².